The molecule has 0 spiro atoms. The van der Waals surface area contributed by atoms with E-state index >= 15 is 0 Å². The van der Waals surface area contributed by atoms with E-state index in [-0.39, 0.29) is 111 Å². The second kappa shape index (κ2) is 28.5. The molecule has 4 aliphatic rings. The highest BCUT2D eigenvalue weighted by atomic mass is 35.5. The summed E-state index contributed by atoms with van der Waals surface area (Å²) < 4.78 is 11.3. The van der Waals surface area contributed by atoms with E-state index in [4.69, 9.17) is 9.47 Å². The summed E-state index contributed by atoms with van der Waals surface area (Å²) in [6.07, 6.45) is 4.99. The van der Waals surface area contributed by atoms with Gasteiger partial charge >= 0.3 is 0 Å². The number of rotatable bonds is 20. The topological polar surface area (TPSA) is 234 Å². The Labute approximate surface area is 496 Å². The van der Waals surface area contributed by atoms with Crippen molar-refractivity contribution in [2.45, 2.75) is 168 Å². The van der Waals surface area contributed by atoms with E-state index in [1.807, 2.05) is 77.9 Å². The minimum Gasteiger partial charge on any atom is -0.496 e. The molecule has 3 aromatic carbocycles. The molecule has 6 amide bonds. The van der Waals surface area contributed by atoms with Crippen molar-refractivity contribution in [3.8, 4) is 11.5 Å². The molecule has 10 atom stereocenters. The highest BCUT2D eigenvalue weighted by molar-refractivity contribution is 6.02. The van der Waals surface area contributed by atoms with Crippen LogP contribution < -0.4 is 41.4 Å². The summed E-state index contributed by atoms with van der Waals surface area (Å²) in [4.78, 5) is 117. The number of nitrogens with one attached hydrogen (secondary N) is 6. The number of Topliss-reactive ketones (excluding diaryl/α,β-unsaturated/α-hetero) is 2. The van der Waals surface area contributed by atoms with E-state index in [0.717, 1.165) is 59.4 Å². The van der Waals surface area contributed by atoms with Crippen molar-refractivity contribution in [1.29, 1.82) is 0 Å². The molecule has 0 unspecified atom stereocenters. The summed E-state index contributed by atoms with van der Waals surface area (Å²) in [5, 5.41) is 18.2. The standard InChI is InChI=1S/C62H86N8O10.2ClH/c1-35(63-9)55(73)67-53(61(3,4)5)59(77)69-33-37(28-47(69)57(75)65-45-24-14-22-43-41(45)20-16-26-51(43)79-11)30-49(71)39-18-13-19-40(32-39)50(72)31-38-29-48(58(76)66-46-25-15-23-44-42(46)21-17-27-52(44)80-12)70(34-38)60(78)54(62(6,7)8)68-56(74)36(2)64-10;;/h13,16-21,26-27,32,35-38,45-48,53-54,63-64H,14-15,22-25,28-31,33-34H2,1-12H3,(H,65,75)(H,66,76)(H,67,73)(H,68,74);2*1H/t35-,36-,37+,38+,45+,46+,47-,48-,53+,54+;;/m0../s1. The molecule has 18 nitrogen and oxygen atoms in total. The molecule has 7 rings (SSSR count). The Kier molecular flexibility index (Phi) is 23.2. The summed E-state index contributed by atoms with van der Waals surface area (Å²) in [6.45, 7) is 14.7. The smallest absolute Gasteiger partial charge is 0.246 e. The summed E-state index contributed by atoms with van der Waals surface area (Å²) >= 11 is 0. The van der Waals surface area contributed by atoms with Crippen LogP contribution >= 0.6 is 24.8 Å². The predicted octanol–water partition coefficient (Wildman–Crippen LogP) is 6.79. The molecule has 82 heavy (non-hydrogen) atoms. The minimum atomic E-state index is -0.986. The van der Waals surface area contributed by atoms with Gasteiger partial charge in [-0.05, 0) is 142 Å². The summed E-state index contributed by atoms with van der Waals surface area (Å²) in [6, 6.07) is 12.4. The van der Waals surface area contributed by atoms with Crippen molar-refractivity contribution in [1.82, 2.24) is 41.7 Å². The lowest BCUT2D eigenvalue weighted by Crippen LogP contribution is -2.59. The van der Waals surface area contributed by atoms with Gasteiger partial charge < -0.3 is 51.2 Å². The number of carbonyl (C=O) groups excluding carboxylic acids is 8. The lowest BCUT2D eigenvalue weighted by molar-refractivity contribution is -0.144. The van der Waals surface area contributed by atoms with Crippen LogP contribution in [0.1, 0.15) is 162 Å². The molecule has 6 N–H and O–H groups in total. The van der Waals surface area contributed by atoms with E-state index < -0.39 is 70.7 Å². The molecule has 2 heterocycles. The van der Waals surface area contributed by atoms with Crippen molar-refractivity contribution in [2.75, 3.05) is 41.4 Å². The first-order valence-electron chi connectivity index (χ1n) is 28.5. The number of likely N-dealkylation sites (N-methyl/N-ethyl adjacent to an activating group) is 2. The van der Waals surface area contributed by atoms with Crippen molar-refractivity contribution < 1.29 is 47.8 Å². The maximum Gasteiger partial charge on any atom is 0.246 e. The fourth-order valence-corrected chi connectivity index (χ4v) is 12.0. The van der Waals surface area contributed by atoms with Crippen LogP contribution in [0.3, 0.4) is 0 Å². The van der Waals surface area contributed by atoms with Crippen LogP contribution in [-0.4, -0.2) is 134 Å². The molecule has 20 heteroatoms. The Morgan fingerprint density at radius 1 is 0.573 bits per heavy atom. The first-order valence-corrected chi connectivity index (χ1v) is 28.5. The average molecular weight is 1180 g/mol. The molecule has 0 aromatic heterocycles. The lowest BCUT2D eigenvalue weighted by Gasteiger charge is -2.36. The van der Waals surface area contributed by atoms with Gasteiger partial charge in [-0.2, -0.15) is 0 Å². The molecule has 3 aromatic rings. The molecular weight excluding hydrogens is 1090 g/mol. The van der Waals surface area contributed by atoms with Gasteiger partial charge in [0.25, 0.3) is 0 Å². The number of methoxy groups -OCH3 is 2. The summed E-state index contributed by atoms with van der Waals surface area (Å²) in [5.41, 5.74) is 3.09. The molecule has 2 fully saturated rings. The maximum absolute atomic E-state index is 14.8. The van der Waals surface area contributed by atoms with Gasteiger partial charge in [-0.3, -0.25) is 38.4 Å². The van der Waals surface area contributed by atoms with E-state index in [1.165, 1.54) is 9.80 Å². The molecule has 0 saturated carbocycles. The number of benzene rings is 3. The van der Waals surface area contributed by atoms with Gasteiger partial charge in [-0.25, -0.2) is 0 Å². The fraction of sp³-hybridized carbons (Fsp3) is 0.581. The van der Waals surface area contributed by atoms with Gasteiger partial charge in [0.05, 0.1) is 38.4 Å². The number of nitrogens with zero attached hydrogens (tertiary/aromatic N) is 2. The van der Waals surface area contributed by atoms with Crippen LogP contribution in [0.15, 0.2) is 60.7 Å². The number of fused-ring (bicyclic) bond motifs is 2. The highest BCUT2D eigenvalue weighted by Gasteiger charge is 2.48. The molecule has 0 bridgehead atoms. The highest BCUT2D eigenvalue weighted by Crippen LogP contribution is 2.39. The Bertz CT molecular complexity index is 2630. The van der Waals surface area contributed by atoms with Gasteiger partial charge in [0.2, 0.25) is 35.4 Å². The maximum atomic E-state index is 14.8. The van der Waals surface area contributed by atoms with E-state index in [2.05, 4.69) is 31.9 Å². The minimum absolute atomic E-state index is 0. The third kappa shape index (κ3) is 15.4. The molecule has 450 valence electrons. The first kappa shape index (κ1) is 66.7. The quantitative estimate of drug-likeness (QED) is 0.0642. The van der Waals surface area contributed by atoms with Gasteiger partial charge in [-0.1, -0.05) is 84.0 Å². The molecular formula is C62H88Cl2N8O10. The van der Waals surface area contributed by atoms with Crippen molar-refractivity contribution >= 4 is 71.8 Å². The van der Waals surface area contributed by atoms with E-state index in [1.54, 1.807) is 66.4 Å². The first-order chi connectivity index (χ1) is 37.9. The SMILES string of the molecule is CN[C@@H](C)C(=O)N[C@H](C(=O)N1C[C@@H](CC(=O)c2cccc(C(=O)C[C@H]3C[C@@H](C(=O)N[C@@H]4CCCc5c(OC)cccc54)N(C(=O)[C@@H](NC(=O)[C@H](C)NC)C(C)(C)C)C3)c2)C[C@H]1C(=O)N[C@@H]1CCCc2c(OC)cccc21)C(C)(C)C.Cl.Cl. The molecule has 2 aliphatic carbocycles. The third-order valence-corrected chi connectivity index (χ3v) is 16.9. The van der Waals surface area contributed by atoms with Gasteiger partial charge in [-0.15, -0.1) is 24.8 Å². The van der Waals surface area contributed by atoms with Crippen LogP contribution in [0.25, 0.3) is 0 Å². The second-order valence-corrected chi connectivity index (χ2v) is 24.7. The number of halogens is 2. The van der Waals surface area contributed by atoms with Crippen LogP contribution in [0.2, 0.25) is 0 Å². The number of ether oxygens (including phenoxy) is 2. The average Bonchev–Trinajstić information content (AvgIpc) is 4.16. The normalized spacial score (nSPS) is 21.8. The van der Waals surface area contributed by atoms with Crippen LogP contribution in [0.4, 0.5) is 0 Å². The molecule has 2 saturated heterocycles. The molecule has 2 aliphatic heterocycles. The van der Waals surface area contributed by atoms with Gasteiger partial charge in [0.15, 0.2) is 11.6 Å². The third-order valence-electron chi connectivity index (χ3n) is 16.9. The molecule has 0 radical (unpaired) electrons. The number of hydrogen-bond donors (Lipinski definition) is 6. The van der Waals surface area contributed by atoms with Crippen molar-refractivity contribution in [3.63, 3.8) is 0 Å². The van der Waals surface area contributed by atoms with Crippen LogP contribution in [0, 0.1) is 22.7 Å². The van der Waals surface area contributed by atoms with Crippen molar-refractivity contribution in [3.05, 3.63) is 94.0 Å². The summed E-state index contributed by atoms with van der Waals surface area (Å²) in [5.74, 6) is -2.18. The van der Waals surface area contributed by atoms with Gasteiger partial charge in [0, 0.05) is 37.1 Å². The van der Waals surface area contributed by atoms with Crippen LogP contribution in [0.5, 0.6) is 11.5 Å². The lowest BCUT2D eigenvalue weighted by atomic mass is 9.85. The van der Waals surface area contributed by atoms with Crippen LogP contribution in [-0.2, 0) is 41.6 Å². The zero-order chi connectivity index (χ0) is 58.4. The summed E-state index contributed by atoms with van der Waals surface area (Å²) in [7, 11) is 6.57. The Morgan fingerprint density at radius 3 is 1.28 bits per heavy atom. The zero-order valence-electron chi connectivity index (χ0n) is 49.8. The monoisotopic (exact) mass is 1170 g/mol. The number of carbonyl (C=O) groups is 8. The Balaban J connectivity index is 0.00000616. The predicted molar refractivity (Wildman–Crippen MR) is 319 cm³/mol. The number of ketones is 2. The van der Waals surface area contributed by atoms with E-state index in [0.29, 0.717) is 24.0 Å². The largest absolute Gasteiger partial charge is 0.496 e. The zero-order valence-corrected chi connectivity index (χ0v) is 51.5. The number of amides is 6. The second-order valence-electron chi connectivity index (χ2n) is 24.7. The Hall–Kier alpha value is -6.08. The Morgan fingerprint density at radius 2 is 0.939 bits per heavy atom. The fourth-order valence-electron chi connectivity index (χ4n) is 12.0. The number of likely N-dealkylation sites (tertiary alicyclic amines) is 2. The van der Waals surface area contributed by atoms with Gasteiger partial charge in [0.1, 0.15) is 35.7 Å². The number of hydrogen-bond acceptors (Lipinski definition) is 12. The van der Waals surface area contributed by atoms with E-state index in [9.17, 15) is 38.4 Å². The van der Waals surface area contributed by atoms with Crippen molar-refractivity contribution in [2.24, 2.45) is 22.7 Å².